The number of carbonyl (C=O) groups excluding carboxylic acids is 1. The zero-order valence-corrected chi connectivity index (χ0v) is 17.3. The number of nitrogens with one attached hydrogen (secondary N) is 1. The Hall–Kier alpha value is -3.27. The highest BCUT2D eigenvalue weighted by molar-refractivity contribution is 7.99. The van der Waals surface area contributed by atoms with Crippen LogP contribution in [0.2, 0.25) is 0 Å². The molecule has 0 unspecified atom stereocenters. The Morgan fingerprint density at radius 2 is 1.97 bits per heavy atom. The van der Waals surface area contributed by atoms with Gasteiger partial charge >= 0.3 is 6.18 Å². The summed E-state index contributed by atoms with van der Waals surface area (Å²) in [4.78, 5) is 12.0. The number of methoxy groups -OCH3 is 1. The Kier molecular flexibility index (Phi) is 7.01. The first-order valence-electron chi connectivity index (χ1n) is 9.11. The zero-order chi connectivity index (χ0) is 22.4. The molecule has 6 nitrogen and oxygen atoms in total. The molecule has 1 aromatic heterocycles. The monoisotopic (exact) mass is 448 g/mol. The van der Waals surface area contributed by atoms with Crippen molar-refractivity contribution in [1.82, 2.24) is 20.1 Å². The van der Waals surface area contributed by atoms with Crippen molar-refractivity contribution in [1.29, 1.82) is 0 Å². The van der Waals surface area contributed by atoms with Crippen LogP contribution in [0.3, 0.4) is 0 Å². The van der Waals surface area contributed by atoms with Crippen LogP contribution >= 0.6 is 11.8 Å². The van der Waals surface area contributed by atoms with E-state index in [1.807, 2.05) is 0 Å². The number of hydrogen-bond donors (Lipinski definition) is 1. The molecule has 3 aromatic rings. The normalized spacial score (nSPS) is 11.2. The van der Waals surface area contributed by atoms with Crippen molar-refractivity contribution in [2.75, 3.05) is 19.4 Å². The number of hydrogen-bond acceptors (Lipinski definition) is 5. The highest BCUT2D eigenvalue weighted by Gasteiger charge is 2.31. The first kappa shape index (κ1) is 22.4. The van der Waals surface area contributed by atoms with Gasteiger partial charge < -0.3 is 10.1 Å². The molecule has 0 aliphatic rings. The largest absolute Gasteiger partial charge is 0.497 e. The molecule has 0 aliphatic carbocycles. The van der Waals surface area contributed by atoms with Gasteiger partial charge in [-0.2, -0.15) is 13.2 Å². The van der Waals surface area contributed by atoms with E-state index in [1.165, 1.54) is 23.8 Å². The van der Waals surface area contributed by atoms with Crippen molar-refractivity contribution in [3.63, 3.8) is 0 Å². The number of thioether (sulfide) groups is 1. The van der Waals surface area contributed by atoms with Gasteiger partial charge in [0.25, 0.3) is 0 Å². The predicted molar refractivity (Wildman–Crippen MR) is 112 cm³/mol. The number of benzene rings is 2. The lowest BCUT2D eigenvalue weighted by molar-refractivity contribution is -0.137. The third-order valence-corrected chi connectivity index (χ3v) is 5.12. The van der Waals surface area contributed by atoms with Crippen LogP contribution in [0, 0.1) is 0 Å². The molecule has 3 rings (SSSR count). The summed E-state index contributed by atoms with van der Waals surface area (Å²) in [6, 6.07) is 11.8. The third kappa shape index (κ3) is 5.46. The van der Waals surface area contributed by atoms with Crippen LogP contribution in [0.5, 0.6) is 5.75 Å². The van der Waals surface area contributed by atoms with Gasteiger partial charge in [-0.3, -0.25) is 9.36 Å². The van der Waals surface area contributed by atoms with Crippen LogP contribution in [0.25, 0.3) is 17.1 Å². The number of alkyl halides is 3. The zero-order valence-electron chi connectivity index (χ0n) is 16.5. The Labute approximate surface area is 181 Å². The summed E-state index contributed by atoms with van der Waals surface area (Å²) >= 11 is 1.07. The van der Waals surface area contributed by atoms with Gasteiger partial charge in [0.1, 0.15) is 5.75 Å². The topological polar surface area (TPSA) is 69.0 Å². The van der Waals surface area contributed by atoms with Crippen LogP contribution in [-0.4, -0.2) is 40.1 Å². The van der Waals surface area contributed by atoms with Crippen LogP contribution in [0.1, 0.15) is 5.56 Å². The predicted octanol–water partition coefficient (Wildman–Crippen LogP) is 4.36. The Morgan fingerprint density at radius 3 is 2.61 bits per heavy atom. The fourth-order valence-corrected chi connectivity index (χ4v) is 3.49. The van der Waals surface area contributed by atoms with Crippen LogP contribution in [0.15, 0.2) is 66.3 Å². The number of rotatable bonds is 8. The van der Waals surface area contributed by atoms with Gasteiger partial charge in [0.2, 0.25) is 5.91 Å². The molecule has 0 saturated heterocycles. The maximum absolute atomic E-state index is 13.3. The Balaban J connectivity index is 2.03. The van der Waals surface area contributed by atoms with Crippen LogP contribution in [0.4, 0.5) is 13.2 Å². The molecule has 0 aliphatic heterocycles. The van der Waals surface area contributed by atoms with Crippen molar-refractivity contribution in [3.05, 3.63) is 66.7 Å². The third-order valence-electron chi connectivity index (χ3n) is 4.19. The van der Waals surface area contributed by atoms with E-state index >= 15 is 0 Å². The quantitative estimate of drug-likeness (QED) is 0.410. The maximum atomic E-state index is 13.3. The fraction of sp³-hybridized carbons (Fsp3) is 0.190. The van der Waals surface area contributed by atoms with Crippen molar-refractivity contribution in [3.8, 4) is 22.8 Å². The average molecular weight is 448 g/mol. The van der Waals surface area contributed by atoms with E-state index in [-0.39, 0.29) is 17.3 Å². The summed E-state index contributed by atoms with van der Waals surface area (Å²) in [6.07, 6.45) is -2.95. The number of aromatic nitrogens is 3. The van der Waals surface area contributed by atoms with Gasteiger partial charge in [0, 0.05) is 12.1 Å². The minimum atomic E-state index is -4.50. The lowest BCUT2D eigenvalue weighted by Crippen LogP contribution is -2.25. The second-order valence-corrected chi connectivity index (χ2v) is 7.24. The second-order valence-electron chi connectivity index (χ2n) is 6.30. The van der Waals surface area contributed by atoms with Crippen LogP contribution in [-0.2, 0) is 11.0 Å². The highest BCUT2D eigenvalue weighted by Crippen LogP contribution is 2.33. The summed E-state index contributed by atoms with van der Waals surface area (Å²) < 4.78 is 46.5. The molecule has 1 heterocycles. The standard InChI is InChI=1S/C21H19F3N4O2S/c1-3-11-25-18(29)13-31-20-27-26-19(14-7-9-17(30-2)10-8-14)28(20)16-6-4-5-15(12-16)21(22,23)24/h3-10,12H,1,11,13H2,2H3,(H,25,29). The summed E-state index contributed by atoms with van der Waals surface area (Å²) in [7, 11) is 1.53. The maximum Gasteiger partial charge on any atom is 0.416 e. The van der Waals surface area contributed by atoms with E-state index in [2.05, 4.69) is 22.1 Å². The number of amides is 1. The smallest absolute Gasteiger partial charge is 0.416 e. The molecule has 0 bridgehead atoms. The van der Waals surface area contributed by atoms with Gasteiger partial charge in [-0.1, -0.05) is 23.9 Å². The molecule has 162 valence electrons. The van der Waals surface area contributed by atoms with E-state index in [1.54, 1.807) is 30.3 Å². The number of ether oxygens (including phenoxy) is 1. The molecular formula is C21H19F3N4O2S. The molecular weight excluding hydrogens is 429 g/mol. The fourth-order valence-electron chi connectivity index (χ4n) is 2.71. The van der Waals surface area contributed by atoms with E-state index in [9.17, 15) is 18.0 Å². The minimum Gasteiger partial charge on any atom is -0.497 e. The van der Waals surface area contributed by atoms with Crippen LogP contribution < -0.4 is 10.1 Å². The van der Waals surface area contributed by atoms with E-state index in [0.29, 0.717) is 28.8 Å². The SMILES string of the molecule is C=CCNC(=O)CSc1nnc(-c2ccc(OC)cc2)n1-c1cccc(C(F)(F)F)c1. The number of nitrogens with zero attached hydrogens (tertiary/aromatic N) is 3. The van der Waals surface area contributed by atoms with Crippen molar-refractivity contribution in [2.24, 2.45) is 0 Å². The molecule has 0 fully saturated rings. The second kappa shape index (κ2) is 9.69. The van der Waals surface area contributed by atoms with Gasteiger partial charge in [-0.05, 0) is 42.5 Å². The summed E-state index contributed by atoms with van der Waals surface area (Å²) in [5.41, 5.74) is 0.0763. The highest BCUT2D eigenvalue weighted by atomic mass is 32.2. The molecule has 0 atom stereocenters. The summed E-state index contributed by atoms with van der Waals surface area (Å²) in [5.74, 6) is 0.737. The van der Waals surface area contributed by atoms with Crippen molar-refractivity contribution < 1.29 is 22.7 Å². The Bertz CT molecular complexity index is 1070. The first-order chi connectivity index (χ1) is 14.8. The average Bonchev–Trinajstić information content (AvgIpc) is 3.19. The number of halogens is 3. The molecule has 31 heavy (non-hydrogen) atoms. The molecule has 1 amide bonds. The van der Waals surface area contributed by atoms with Gasteiger partial charge in [0.05, 0.1) is 24.1 Å². The van der Waals surface area contributed by atoms with Gasteiger partial charge in [0.15, 0.2) is 11.0 Å². The van der Waals surface area contributed by atoms with Gasteiger partial charge in [-0.15, -0.1) is 16.8 Å². The number of carbonyl (C=O) groups is 1. The van der Waals surface area contributed by atoms with Gasteiger partial charge in [-0.25, -0.2) is 0 Å². The summed E-state index contributed by atoms with van der Waals surface area (Å²) in [5, 5.41) is 11.2. The lowest BCUT2D eigenvalue weighted by atomic mass is 10.1. The van der Waals surface area contributed by atoms with E-state index in [0.717, 1.165) is 23.9 Å². The Morgan fingerprint density at radius 1 is 1.23 bits per heavy atom. The molecule has 0 radical (unpaired) electrons. The minimum absolute atomic E-state index is 0.0214. The summed E-state index contributed by atoms with van der Waals surface area (Å²) in [6.45, 7) is 3.85. The van der Waals surface area contributed by atoms with Crippen molar-refractivity contribution >= 4 is 17.7 Å². The lowest BCUT2D eigenvalue weighted by Gasteiger charge is -2.13. The molecule has 1 N–H and O–H groups in total. The molecule has 0 spiro atoms. The first-order valence-corrected chi connectivity index (χ1v) is 10.1. The molecule has 2 aromatic carbocycles. The van der Waals surface area contributed by atoms with E-state index < -0.39 is 11.7 Å². The van der Waals surface area contributed by atoms with Crippen molar-refractivity contribution in [2.45, 2.75) is 11.3 Å². The molecule has 10 heteroatoms. The van der Waals surface area contributed by atoms with E-state index in [4.69, 9.17) is 4.74 Å². The molecule has 0 saturated carbocycles.